The number of nitriles is 1. The van der Waals surface area contributed by atoms with Crippen molar-refractivity contribution >= 4 is 0 Å². The van der Waals surface area contributed by atoms with Crippen LogP contribution in [0.5, 0.6) is 0 Å². The van der Waals surface area contributed by atoms with Crippen molar-refractivity contribution in [3.05, 3.63) is 35.4 Å². The highest BCUT2D eigenvalue weighted by molar-refractivity contribution is 5.31. The molecule has 0 saturated heterocycles. The fourth-order valence-electron chi connectivity index (χ4n) is 1.25. The second-order valence-electron chi connectivity index (χ2n) is 3.59. The van der Waals surface area contributed by atoms with Crippen LogP contribution in [0.15, 0.2) is 24.3 Å². The van der Waals surface area contributed by atoms with Crippen molar-refractivity contribution in [2.45, 2.75) is 26.6 Å². The van der Waals surface area contributed by atoms with E-state index in [9.17, 15) is 0 Å². The largest absolute Gasteiger partial charge is 0.379 e. The van der Waals surface area contributed by atoms with Crippen LogP contribution in [0.3, 0.4) is 0 Å². The van der Waals surface area contributed by atoms with Crippen LogP contribution in [0.25, 0.3) is 0 Å². The van der Waals surface area contributed by atoms with Gasteiger partial charge in [-0.1, -0.05) is 12.1 Å². The molecule has 3 heteroatoms. The van der Waals surface area contributed by atoms with Crippen molar-refractivity contribution in [1.29, 1.82) is 5.26 Å². The van der Waals surface area contributed by atoms with Crippen LogP contribution < -0.4 is 0 Å². The Bertz CT molecular complexity index is 340. The average molecular weight is 219 g/mol. The van der Waals surface area contributed by atoms with E-state index in [2.05, 4.69) is 6.07 Å². The molecule has 0 radical (unpaired) electrons. The van der Waals surface area contributed by atoms with Gasteiger partial charge in [0, 0.05) is 6.61 Å². The van der Waals surface area contributed by atoms with Crippen molar-refractivity contribution in [1.82, 2.24) is 0 Å². The third-order valence-corrected chi connectivity index (χ3v) is 2.17. The number of benzene rings is 1. The SMILES string of the molecule is CCOCC(C)OCc1ccc(C#N)cc1. The van der Waals surface area contributed by atoms with E-state index in [0.29, 0.717) is 25.4 Å². The number of hydrogen-bond donors (Lipinski definition) is 0. The molecule has 0 aliphatic rings. The van der Waals surface area contributed by atoms with Gasteiger partial charge >= 0.3 is 0 Å². The topological polar surface area (TPSA) is 42.2 Å². The molecule has 0 bridgehead atoms. The van der Waals surface area contributed by atoms with E-state index in [-0.39, 0.29) is 6.10 Å². The maximum atomic E-state index is 8.65. The number of ether oxygens (including phenoxy) is 2. The zero-order valence-electron chi connectivity index (χ0n) is 9.77. The number of hydrogen-bond acceptors (Lipinski definition) is 3. The average Bonchev–Trinajstić information content (AvgIpc) is 2.34. The lowest BCUT2D eigenvalue weighted by molar-refractivity contribution is -0.0116. The summed E-state index contributed by atoms with van der Waals surface area (Å²) < 4.78 is 10.8. The normalized spacial score (nSPS) is 12.1. The smallest absolute Gasteiger partial charge is 0.0991 e. The van der Waals surface area contributed by atoms with E-state index in [1.165, 1.54) is 0 Å². The minimum absolute atomic E-state index is 0.0931. The molecule has 3 nitrogen and oxygen atoms in total. The highest BCUT2D eigenvalue weighted by Gasteiger charge is 2.02. The minimum atomic E-state index is 0.0931. The molecule has 0 heterocycles. The summed E-state index contributed by atoms with van der Waals surface area (Å²) in [6.07, 6.45) is 0.0931. The van der Waals surface area contributed by atoms with Crippen LogP contribution >= 0.6 is 0 Å². The maximum Gasteiger partial charge on any atom is 0.0991 e. The van der Waals surface area contributed by atoms with E-state index in [1.54, 1.807) is 12.1 Å². The number of nitrogens with zero attached hydrogens (tertiary/aromatic N) is 1. The lowest BCUT2D eigenvalue weighted by Gasteiger charge is -2.12. The summed E-state index contributed by atoms with van der Waals surface area (Å²) in [6.45, 7) is 5.84. The second-order valence-corrected chi connectivity index (χ2v) is 3.59. The molecule has 0 aromatic heterocycles. The van der Waals surface area contributed by atoms with Crippen LogP contribution in [0, 0.1) is 11.3 Å². The molecule has 1 aromatic rings. The van der Waals surface area contributed by atoms with E-state index >= 15 is 0 Å². The molecular weight excluding hydrogens is 202 g/mol. The van der Waals surface area contributed by atoms with Gasteiger partial charge in [-0.3, -0.25) is 0 Å². The van der Waals surface area contributed by atoms with Crippen molar-refractivity contribution in [3.8, 4) is 6.07 Å². The zero-order valence-corrected chi connectivity index (χ0v) is 9.77. The van der Waals surface area contributed by atoms with Crippen molar-refractivity contribution in [2.75, 3.05) is 13.2 Å². The van der Waals surface area contributed by atoms with Gasteiger partial charge in [0.25, 0.3) is 0 Å². The Labute approximate surface area is 96.6 Å². The highest BCUT2D eigenvalue weighted by Crippen LogP contribution is 2.06. The third-order valence-electron chi connectivity index (χ3n) is 2.17. The quantitative estimate of drug-likeness (QED) is 0.738. The molecule has 16 heavy (non-hydrogen) atoms. The first-order chi connectivity index (χ1) is 7.76. The van der Waals surface area contributed by atoms with Gasteiger partial charge < -0.3 is 9.47 Å². The van der Waals surface area contributed by atoms with Crippen LogP contribution in [-0.4, -0.2) is 19.3 Å². The minimum Gasteiger partial charge on any atom is -0.379 e. The molecule has 0 spiro atoms. The van der Waals surface area contributed by atoms with Gasteiger partial charge in [-0.2, -0.15) is 5.26 Å². The van der Waals surface area contributed by atoms with E-state index in [1.807, 2.05) is 26.0 Å². The van der Waals surface area contributed by atoms with Gasteiger partial charge in [0.15, 0.2) is 0 Å². The van der Waals surface area contributed by atoms with Gasteiger partial charge in [0.2, 0.25) is 0 Å². The van der Waals surface area contributed by atoms with E-state index in [0.717, 1.165) is 5.56 Å². The Morgan fingerprint density at radius 1 is 1.31 bits per heavy atom. The molecule has 1 rings (SSSR count). The first-order valence-electron chi connectivity index (χ1n) is 5.44. The van der Waals surface area contributed by atoms with Gasteiger partial charge in [-0.15, -0.1) is 0 Å². The monoisotopic (exact) mass is 219 g/mol. The summed E-state index contributed by atoms with van der Waals surface area (Å²) in [5, 5.41) is 8.65. The Kier molecular flexibility index (Phi) is 5.55. The summed E-state index contributed by atoms with van der Waals surface area (Å²) in [5.41, 5.74) is 1.74. The maximum absolute atomic E-state index is 8.65. The van der Waals surface area contributed by atoms with E-state index in [4.69, 9.17) is 14.7 Å². The molecule has 0 fully saturated rings. The first kappa shape index (κ1) is 12.7. The van der Waals surface area contributed by atoms with E-state index < -0.39 is 0 Å². The Balaban J connectivity index is 2.34. The summed E-state index contributed by atoms with van der Waals surface area (Å²) in [4.78, 5) is 0. The molecule has 1 aromatic carbocycles. The lowest BCUT2D eigenvalue weighted by atomic mass is 10.1. The van der Waals surface area contributed by atoms with Crippen LogP contribution in [0.2, 0.25) is 0 Å². The predicted molar refractivity (Wildman–Crippen MR) is 61.9 cm³/mol. The zero-order chi connectivity index (χ0) is 11.8. The van der Waals surface area contributed by atoms with Crippen LogP contribution in [-0.2, 0) is 16.1 Å². The van der Waals surface area contributed by atoms with Crippen LogP contribution in [0.4, 0.5) is 0 Å². The molecule has 0 amide bonds. The van der Waals surface area contributed by atoms with Crippen molar-refractivity contribution in [2.24, 2.45) is 0 Å². The van der Waals surface area contributed by atoms with Gasteiger partial charge in [-0.05, 0) is 31.5 Å². The molecule has 1 unspecified atom stereocenters. The lowest BCUT2D eigenvalue weighted by Crippen LogP contribution is -2.15. The summed E-state index contributed by atoms with van der Waals surface area (Å²) in [5.74, 6) is 0. The molecule has 0 saturated carbocycles. The molecule has 1 atom stereocenters. The van der Waals surface area contributed by atoms with Crippen molar-refractivity contribution < 1.29 is 9.47 Å². The van der Waals surface area contributed by atoms with Crippen LogP contribution in [0.1, 0.15) is 25.0 Å². The van der Waals surface area contributed by atoms with Gasteiger partial charge in [0.1, 0.15) is 0 Å². The second kappa shape index (κ2) is 7.00. The molecule has 0 N–H and O–H groups in total. The van der Waals surface area contributed by atoms with Crippen molar-refractivity contribution in [3.63, 3.8) is 0 Å². The number of rotatable bonds is 6. The Morgan fingerprint density at radius 3 is 2.56 bits per heavy atom. The molecule has 86 valence electrons. The summed E-state index contributed by atoms with van der Waals surface area (Å²) in [7, 11) is 0. The first-order valence-corrected chi connectivity index (χ1v) is 5.44. The van der Waals surface area contributed by atoms with Gasteiger partial charge in [-0.25, -0.2) is 0 Å². The predicted octanol–water partition coefficient (Wildman–Crippen LogP) is 2.50. The fourth-order valence-corrected chi connectivity index (χ4v) is 1.25. The van der Waals surface area contributed by atoms with Gasteiger partial charge in [0.05, 0.1) is 31.0 Å². The Morgan fingerprint density at radius 2 is 2.00 bits per heavy atom. The third kappa shape index (κ3) is 4.43. The molecule has 0 aliphatic heterocycles. The fraction of sp³-hybridized carbons (Fsp3) is 0.462. The highest BCUT2D eigenvalue weighted by atomic mass is 16.5. The summed E-state index contributed by atoms with van der Waals surface area (Å²) >= 11 is 0. The Hall–Kier alpha value is -1.37. The summed E-state index contributed by atoms with van der Waals surface area (Å²) in [6, 6.07) is 9.50. The molecule has 0 aliphatic carbocycles. The molecular formula is C13H17NO2. The standard InChI is InChI=1S/C13H17NO2/c1-3-15-9-11(2)16-10-13-6-4-12(8-14)5-7-13/h4-7,11H,3,9-10H2,1-2H3.